The quantitative estimate of drug-likeness (QED) is 0.551. The van der Waals surface area contributed by atoms with Crippen LogP contribution in [-0.2, 0) is 6.18 Å². The van der Waals surface area contributed by atoms with Gasteiger partial charge in [0.05, 0.1) is 10.9 Å². The molecular formula is C15H12ClF4N. The third-order valence-corrected chi connectivity index (χ3v) is 3.84. The van der Waals surface area contributed by atoms with Gasteiger partial charge in [0.15, 0.2) is 0 Å². The van der Waals surface area contributed by atoms with Crippen LogP contribution in [0.3, 0.4) is 0 Å². The van der Waals surface area contributed by atoms with Gasteiger partial charge in [-0.05, 0) is 18.2 Å². The maximum absolute atomic E-state index is 14.1. The lowest BCUT2D eigenvalue weighted by atomic mass is 9.95. The summed E-state index contributed by atoms with van der Waals surface area (Å²) in [7, 11) is 0. The molecule has 0 aliphatic carbocycles. The van der Waals surface area contributed by atoms with E-state index in [0.29, 0.717) is 11.8 Å². The number of hydrogen-bond acceptors (Lipinski definition) is 1. The van der Waals surface area contributed by atoms with E-state index in [1.54, 1.807) is 31.3 Å². The minimum Gasteiger partial charge on any atom is -0.261 e. The molecule has 2 unspecified atom stereocenters. The second-order valence-electron chi connectivity index (χ2n) is 4.65. The van der Waals surface area contributed by atoms with Crippen LogP contribution in [-0.4, -0.2) is 4.98 Å². The lowest BCUT2D eigenvalue weighted by molar-refractivity contribution is -0.140. The number of aromatic nitrogens is 1. The highest BCUT2D eigenvalue weighted by Crippen LogP contribution is 2.40. The Bertz CT molecular complexity index is 613. The fraction of sp³-hybridized carbons (Fsp3) is 0.267. The predicted octanol–water partition coefficient (Wildman–Crippen LogP) is 5.32. The molecule has 0 bridgehead atoms. The van der Waals surface area contributed by atoms with Crippen molar-refractivity contribution in [3.05, 3.63) is 65.2 Å². The van der Waals surface area contributed by atoms with Crippen LogP contribution in [0.25, 0.3) is 0 Å². The van der Waals surface area contributed by atoms with Crippen LogP contribution in [0.5, 0.6) is 0 Å². The van der Waals surface area contributed by atoms with Crippen LogP contribution < -0.4 is 0 Å². The number of benzene rings is 1. The maximum Gasteiger partial charge on any atom is 0.419 e. The van der Waals surface area contributed by atoms with Crippen LogP contribution in [0.4, 0.5) is 17.6 Å². The minimum absolute atomic E-state index is 0.176. The van der Waals surface area contributed by atoms with Crippen molar-refractivity contribution in [2.24, 2.45) is 0 Å². The van der Waals surface area contributed by atoms with Crippen molar-refractivity contribution in [3.8, 4) is 0 Å². The number of hydrogen-bond donors (Lipinski definition) is 0. The lowest BCUT2D eigenvalue weighted by Gasteiger charge is -2.20. The summed E-state index contributed by atoms with van der Waals surface area (Å²) < 4.78 is 52.2. The van der Waals surface area contributed by atoms with Gasteiger partial charge in [0, 0.05) is 23.4 Å². The van der Waals surface area contributed by atoms with E-state index in [9.17, 15) is 17.6 Å². The van der Waals surface area contributed by atoms with Gasteiger partial charge in [-0.2, -0.15) is 13.2 Å². The van der Waals surface area contributed by atoms with E-state index in [2.05, 4.69) is 4.98 Å². The molecule has 0 N–H and O–H groups in total. The Hall–Kier alpha value is -1.62. The molecule has 1 nitrogen and oxygen atoms in total. The molecule has 6 heteroatoms. The summed E-state index contributed by atoms with van der Waals surface area (Å²) in [6, 6.07) is 8.28. The molecule has 0 aliphatic heterocycles. The molecular weight excluding hydrogens is 306 g/mol. The van der Waals surface area contributed by atoms with Crippen LogP contribution in [0.15, 0.2) is 42.6 Å². The summed E-state index contributed by atoms with van der Waals surface area (Å²) in [6.45, 7) is 1.69. The number of pyridine rings is 1. The van der Waals surface area contributed by atoms with Crippen molar-refractivity contribution in [3.63, 3.8) is 0 Å². The maximum atomic E-state index is 14.1. The van der Waals surface area contributed by atoms with Crippen molar-refractivity contribution in [1.29, 1.82) is 0 Å². The van der Waals surface area contributed by atoms with Crippen LogP contribution >= 0.6 is 11.6 Å². The minimum atomic E-state index is -4.75. The molecule has 1 aromatic heterocycles. The monoisotopic (exact) mass is 317 g/mol. The number of alkyl halides is 4. The van der Waals surface area contributed by atoms with Crippen molar-refractivity contribution < 1.29 is 17.6 Å². The van der Waals surface area contributed by atoms with Gasteiger partial charge in [-0.25, -0.2) is 4.39 Å². The van der Waals surface area contributed by atoms with Gasteiger partial charge in [0.1, 0.15) is 5.82 Å². The largest absolute Gasteiger partial charge is 0.419 e. The summed E-state index contributed by atoms with van der Waals surface area (Å²) in [4.78, 5) is 4.10. The van der Waals surface area contributed by atoms with Gasteiger partial charge in [0.25, 0.3) is 0 Å². The first-order chi connectivity index (χ1) is 9.82. The fourth-order valence-electron chi connectivity index (χ4n) is 2.05. The molecule has 2 atom stereocenters. The highest BCUT2D eigenvalue weighted by atomic mass is 35.5. The topological polar surface area (TPSA) is 12.9 Å². The summed E-state index contributed by atoms with van der Waals surface area (Å²) in [5.74, 6) is -1.75. The van der Waals surface area contributed by atoms with Crippen molar-refractivity contribution in [1.82, 2.24) is 4.98 Å². The molecule has 0 amide bonds. The van der Waals surface area contributed by atoms with Gasteiger partial charge in [-0.3, -0.25) is 4.98 Å². The molecule has 0 spiro atoms. The number of nitrogens with zero attached hydrogens (tertiary/aromatic N) is 1. The molecule has 2 aromatic rings. The molecule has 1 heterocycles. The Kier molecular flexibility index (Phi) is 4.52. The van der Waals surface area contributed by atoms with E-state index in [1.165, 1.54) is 6.07 Å². The van der Waals surface area contributed by atoms with E-state index >= 15 is 0 Å². The fourth-order valence-corrected chi connectivity index (χ4v) is 2.34. The van der Waals surface area contributed by atoms with Gasteiger partial charge in [0.2, 0.25) is 0 Å². The highest BCUT2D eigenvalue weighted by Gasteiger charge is 2.36. The summed E-state index contributed by atoms with van der Waals surface area (Å²) in [5, 5.41) is -0.942. The Labute approximate surface area is 124 Å². The molecule has 0 radical (unpaired) electrons. The average molecular weight is 318 g/mol. The molecule has 0 aliphatic rings. The first-order valence-corrected chi connectivity index (χ1v) is 6.66. The SMILES string of the molecule is CC(c1ccccn1)C(Cl)c1cccc(C(F)(F)F)c1F. The Morgan fingerprint density at radius 2 is 1.81 bits per heavy atom. The second-order valence-corrected chi connectivity index (χ2v) is 5.12. The Balaban J connectivity index is 2.38. The molecule has 0 saturated heterocycles. The Morgan fingerprint density at radius 3 is 2.38 bits per heavy atom. The molecule has 1 aromatic carbocycles. The Morgan fingerprint density at radius 1 is 1.10 bits per heavy atom. The highest BCUT2D eigenvalue weighted by molar-refractivity contribution is 6.21. The molecule has 21 heavy (non-hydrogen) atoms. The standard InChI is InChI=1S/C15H12ClF4N/c1-9(12-7-2-3-8-21-12)13(16)10-5-4-6-11(14(10)17)15(18,19)20/h2-9,13H,1H3. The van der Waals surface area contributed by atoms with Crippen LogP contribution in [0.1, 0.15) is 35.0 Å². The molecule has 0 fully saturated rings. The average Bonchev–Trinajstić information content (AvgIpc) is 2.45. The van der Waals surface area contributed by atoms with Crippen LogP contribution in [0, 0.1) is 5.82 Å². The molecule has 0 saturated carbocycles. The van der Waals surface area contributed by atoms with Gasteiger partial charge >= 0.3 is 6.18 Å². The van der Waals surface area contributed by atoms with Crippen molar-refractivity contribution in [2.45, 2.75) is 24.4 Å². The first-order valence-electron chi connectivity index (χ1n) is 6.23. The smallest absolute Gasteiger partial charge is 0.261 e. The summed E-state index contributed by atoms with van der Waals surface area (Å²) in [6.07, 6.45) is -3.19. The number of halogens is 5. The van der Waals surface area contributed by atoms with E-state index in [0.717, 1.165) is 6.07 Å². The zero-order valence-corrected chi connectivity index (χ0v) is 11.8. The zero-order chi connectivity index (χ0) is 15.6. The predicted molar refractivity (Wildman–Crippen MR) is 72.6 cm³/mol. The zero-order valence-electron chi connectivity index (χ0n) is 11.0. The summed E-state index contributed by atoms with van der Waals surface area (Å²) in [5.41, 5.74) is -0.891. The van der Waals surface area contributed by atoms with Crippen molar-refractivity contribution in [2.75, 3.05) is 0 Å². The van der Waals surface area contributed by atoms with E-state index < -0.39 is 28.9 Å². The molecule has 2 rings (SSSR count). The van der Waals surface area contributed by atoms with Crippen LogP contribution in [0.2, 0.25) is 0 Å². The lowest BCUT2D eigenvalue weighted by Crippen LogP contribution is -2.12. The molecule has 112 valence electrons. The van der Waals surface area contributed by atoms with E-state index in [1.807, 2.05) is 0 Å². The van der Waals surface area contributed by atoms with Gasteiger partial charge in [-0.15, -0.1) is 11.6 Å². The van der Waals surface area contributed by atoms with Gasteiger partial charge in [-0.1, -0.05) is 25.1 Å². The summed E-state index contributed by atoms with van der Waals surface area (Å²) >= 11 is 6.17. The normalized spacial score (nSPS) is 14.8. The van der Waals surface area contributed by atoms with E-state index in [-0.39, 0.29) is 5.56 Å². The second kappa shape index (κ2) is 6.02. The third kappa shape index (κ3) is 3.35. The van der Waals surface area contributed by atoms with Crippen molar-refractivity contribution >= 4 is 11.6 Å². The number of rotatable bonds is 3. The van der Waals surface area contributed by atoms with E-state index in [4.69, 9.17) is 11.6 Å². The first kappa shape index (κ1) is 15.8. The third-order valence-electron chi connectivity index (χ3n) is 3.22. The van der Waals surface area contributed by atoms with Gasteiger partial charge < -0.3 is 0 Å².